The summed E-state index contributed by atoms with van der Waals surface area (Å²) >= 11 is 0. The fourth-order valence-electron chi connectivity index (χ4n) is 6.22. The van der Waals surface area contributed by atoms with Crippen LogP contribution in [0.15, 0.2) is 60.8 Å². The molecular weight excluding hydrogens is 670 g/mol. The molecule has 0 aromatic rings. The molecule has 1 aliphatic rings. The average molecular weight is 748 g/mol. The van der Waals surface area contributed by atoms with Crippen molar-refractivity contribution in [2.75, 3.05) is 13.2 Å². The maximum Gasteiger partial charge on any atom is 0.220 e. The number of aliphatic hydroxyl groups is 5. The molecule has 1 heterocycles. The number of hydrogen-bond acceptors (Lipinski definition) is 8. The van der Waals surface area contributed by atoms with E-state index in [1.807, 2.05) is 18.2 Å². The second-order valence-electron chi connectivity index (χ2n) is 14.4. The van der Waals surface area contributed by atoms with Crippen molar-refractivity contribution in [2.24, 2.45) is 0 Å². The third kappa shape index (κ3) is 25.6. The number of amides is 1. The lowest BCUT2D eigenvalue weighted by Gasteiger charge is -2.40. The Morgan fingerprint density at radius 1 is 0.660 bits per heavy atom. The highest BCUT2D eigenvalue weighted by Crippen LogP contribution is 2.22. The highest BCUT2D eigenvalue weighted by atomic mass is 16.7. The Morgan fingerprint density at radius 2 is 1.17 bits per heavy atom. The van der Waals surface area contributed by atoms with Crippen molar-refractivity contribution in [3.8, 4) is 0 Å². The number of aliphatic hydroxyl groups excluding tert-OH is 5. The maximum atomic E-state index is 12.9. The Bertz CT molecular complexity index is 1010. The van der Waals surface area contributed by atoms with E-state index >= 15 is 0 Å². The third-order valence-electron chi connectivity index (χ3n) is 9.61. The lowest BCUT2D eigenvalue weighted by atomic mass is 9.99. The van der Waals surface area contributed by atoms with Gasteiger partial charge in [-0.15, -0.1) is 0 Å². The molecule has 9 heteroatoms. The van der Waals surface area contributed by atoms with Crippen LogP contribution in [0.5, 0.6) is 0 Å². The topological polar surface area (TPSA) is 149 Å². The van der Waals surface area contributed by atoms with Crippen LogP contribution in [0.1, 0.15) is 155 Å². The SMILES string of the molecule is CC/C=C\C/C=C\C/C=C\C/C=C\CCC(=O)NC(COC1OC(CO)C(O)C(O)C1O)C(O)/C=C/CCCCCCCCCCCCCCCCC. The number of nitrogens with one attached hydrogen (secondary N) is 1. The molecule has 6 N–H and O–H groups in total. The standard InChI is InChI=1S/C44H77NO8/c1-3-5-7-9-11-13-15-17-18-19-20-22-23-25-27-29-31-33-38(47)37(36-52-44-43(51)42(50)41(49)39(35-46)53-44)45-40(48)34-32-30-28-26-24-21-16-14-12-10-8-6-4-2/h6,8,12,14,21,24,28,30-31,33,37-39,41-44,46-47,49-51H,3-5,7,9-11,13,15-20,22-23,25-27,29,32,34-36H2,1-2H3,(H,45,48)/b8-6-,14-12-,24-21-,30-28-,33-31+. The third-order valence-corrected chi connectivity index (χ3v) is 9.61. The highest BCUT2D eigenvalue weighted by Gasteiger charge is 2.44. The van der Waals surface area contributed by atoms with E-state index in [1.165, 1.54) is 83.5 Å². The summed E-state index contributed by atoms with van der Waals surface area (Å²) in [4.78, 5) is 12.9. The molecule has 0 aliphatic carbocycles. The quantitative estimate of drug-likeness (QED) is 0.0292. The van der Waals surface area contributed by atoms with Gasteiger partial charge in [0.15, 0.2) is 6.29 Å². The molecule has 1 aliphatic heterocycles. The molecule has 0 aromatic heterocycles. The number of rotatable bonds is 33. The summed E-state index contributed by atoms with van der Waals surface area (Å²) in [7, 11) is 0. The van der Waals surface area contributed by atoms with E-state index in [2.05, 4.69) is 55.6 Å². The normalized spacial score (nSPS) is 22.3. The van der Waals surface area contributed by atoms with Gasteiger partial charge in [0.1, 0.15) is 24.4 Å². The van der Waals surface area contributed by atoms with Crippen LogP contribution in [-0.2, 0) is 14.3 Å². The molecule has 0 radical (unpaired) electrons. The van der Waals surface area contributed by atoms with E-state index in [0.29, 0.717) is 6.42 Å². The van der Waals surface area contributed by atoms with Crippen LogP contribution < -0.4 is 5.32 Å². The molecule has 9 nitrogen and oxygen atoms in total. The van der Waals surface area contributed by atoms with Gasteiger partial charge in [0.05, 0.1) is 25.4 Å². The van der Waals surface area contributed by atoms with Gasteiger partial charge in [-0.1, -0.05) is 164 Å². The summed E-state index contributed by atoms with van der Waals surface area (Å²) in [6, 6.07) is -0.843. The van der Waals surface area contributed by atoms with E-state index in [0.717, 1.165) is 44.9 Å². The molecule has 0 bridgehead atoms. The van der Waals surface area contributed by atoms with Crippen LogP contribution in [0, 0.1) is 0 Å². The second-order valence-corrected chi connectivity index (χ2v) is 14.4. The van der Waals surface area contributed by atoms with Gasteiger partial charge in [-0.05, 0) is 44.9 Å². The number of unbranched alkanes of at least 4 members (excludes halogenated alkanes) is 15. The van der Waals surface area contributed by atoms with Gasteiger partial charge in [0.25, 0.3) is 0 Å². The first-order valence-electron chi connectivity index (χ1n) is 21.0. The summed E-state index contributed by atoms with van der Waals surface area (Å²) in [6.07, 6.45) is 37.1. The molecule has 1 amide bonds. The number of allylic oxidation sites excluding steroid dienone is 9. The molecule has 1 fully saturated rings. The zero-order valence-electron chi connectivity index (χ0n) is 33.2. The Labute approximate surface area is 322 Å². The van der Waals surface area contributed by atoms with Crippen LogP contribution >= 0.6 is 0 Å². The first kappa shape index (κ1) is 48.9. The minimum atomic E-state index is -1.58. The molecule has 306 valence electrons. The Hall–Kier alpha value is -2.11. The predicted molar refractivity (Wildman–Crippen MR) is 216 cm³/mol. The Kier molecular flexibility index (Phi) is 31.7. The van der Waals surface area contributed by atoms with Gasteiger partial charge < -0.3 is 40.3 Å². The smallest absolute Gasteiger partial charge is 0.220 e. The largest absolute Gasteiger partial charge is 0.394 e. The molecule has 53 heavy (non-hydrogen) atoms. The van der Waals surface area contributed by atoms with E-state index in [9.17, 15) is 30.3 Å². The fourth-order valence-corrected chi connectivity index (χ4v) is 6.22. The van der Waals surface area contributed by atoms with Gasteiger partial charge in [-0.3, -0.25) is 4.79 Å². The fraction of sp³-hybridized carbons (Fsp3) is 0.750. The Morgan fingerprint density at radius 3 is 1.70 bits per heavy atom. The van der Waals surface area contributed by atoms with Crippen LogP contribution in [0.25, 0.3) is 0 Å². The molecule has 1 rings (SSSR count). The summed E-state index contributed by atoms with van der Waals surface area (Å²) in [5.74, 6) is -0.260. The van der Waals surface area contributed by atoms with E-state index in [1.54, 1.807) is 6.08 Å². The molecule has 7 atom stereocenters. The summed E-state index contributed by atoms with van der Waals surface area (Å²) in [5, 5.41) is 54.0. The minimum absolute atomic E-state index is 0.219. The van der Waals surface area contributed by atoms with E-state index in [-0.39, 0.29) is 18.9 Å². The van der Waals surface area contributed by atoms with Gasteiger partial charge in [0.2, 0.25) is 5.91 Å². The van der Waals surface area contributed by atoms with Crippen molar-refractivity contribution in [3.63, 3.8) is 0 Å². The van der Waals surface area contributed by atoms with Crippen LogP contribution in [0.4, 0.5) is 0 Å². The van der Waals surface area contributed by atoms with Gasteiger partial charge in [0, 0.05) is 6.42 Å². The van der Waals surface area contributed by atoms with Crippen molar-refractivity contribution in [3.05, 3.63) is 60.8 Å². The molecule has 0 saturated carbocycles. The summed E-state index contributed by atoms with van der Waals surface area (Å²) in [6.45, 7) is 3.59. The first-order valence-corrected chi connectivity index (χ1v) is 21.0. The van der Waals surface area contributed by atoms with E-state index < -0.39 is 49.5 Å². The number of hydrogen-bond donors (Lipinski definition) is 6. The van der Waals surface area contributed by atoms with Crippen molar-refractivity contribution >= 4 is 5.91 Å². The molecule has 1 saturated heterocycles. The molecular formula is C44H77NO8. The molecule has 7 unspecified atom stereocenters. The zero-order valence-corrected chi connectivity index (χ0v) is 33.2. The molecule has 0 spiro atoms. The van der Waals surface area contributed by atoms with Gasteiger partial charge >= 0.3 is 0 Å². The first-order chi connectivity index (χ1) is 25.8. The monoisotopic (exact) mass is 748 g/mol. The van der Waals surface area contributed by atoms with Crippen LogP contribution in [0.2, 0.25) is 0 Å². The molecule has 0 aromatic carbocycles. The average Bonchev–Trinajstić information content (AvgIpc) is 3.16. The summed E-state index contributed by atoms with van der Waals surface area (Å²) < 4.78 is 11.1. The van der Waals surface area contributed by atoms with Crippen LogP contribution in [0.3, 0.4) is 0 Å². The van der Waals surface area contributed by atoms with Gasteiger partial charge in [-0.2, -0.15) is 0 Å². The predicted octanol–water partition coefficient (Wildman–Crippen LogP) is 8.05. The minimum Gasteiger partial charge on any atom is -0.394 e. The van der Waals surface area contributed by atoms with Crippen molar-refractivity contribution in [2.45, 2.75) is 198 Å². The van der Waals surface area contributed by atoms with Crippen molar-refractivity contribution in [1.82, 2.24) is 5.32 Å². The lowest BCUT2D eigenvalue weighted by Crippen LogP contribution is -2.60. The van der Waals surface area contributed by atoms with Crippen molar-refractivity contribution < 1.29 is 39.8 Å². The van der Waals surface area contributed by atoms with Gasteiger partial charge in [-0.25, -0.2) is 0 Å². The maximum absolute atomic E-state index is 12.9. The van der Waals surface area contributed by atoms with Crippen LogP contribution in [-0.4, -0.2) is 87.5 Å². The number of carbonyl (C=O) groups is 1. The highest BCUT2D eigenvalue weighted by molar-refractivity contribution is 5.76. The second kappa shape index (κ2) is 34.4. The Balaban J connectivity index is 2.46. The lowest BCUT2D eigenvalue weighted by molar-refractivity contribution is -0.302. The van der Waals surface area contributed by atoms with E-state index in [4.69, 9.17) is 9.47 Å². The van der Waals surface area contributed by atoms with Crippen molar-refractivity contribution in [1.29, 1.82) is 0 Å². The summed E-state index contributed by atoms with van der Waals surface area (Å²) in [5.41, 5.74) is 0. The number of carbonyl (C=O) groups excluding carboxylic acids is 1. The zero-order chi connectivity index (χ0) is 38.8. The number of ether oxygens (including phenoxy) is 2.